The minimum atomic E-state index is -0.467. The number of nitro benzene ring substituents is 1. The molecule has 0 aliphatic heterocycles. The van der Waals surface area contributed by atoms with Crippen LogP contribution in [0, 0.1) is 17.0 Å². The van der Waals surface area contributed by atoms with E-state index in [0.29, 0.717) is 11.3 Å². The first kappa shape index (κ1) is 14.0. The van der Waals surface area contributed by atoms with E-state index in [1.807, 2.05) is 31.2 Å². The highest BCUT2D eigenvalue weighted by Gasteiger charge is 2.19. The summed E-state index contributed by atoms with van der Waals surface area (Å²) in [4.78, 5) is 10.5. The Morgan fingerprint density at radius 1 is 1.20 bits per heavy atom. The van der Waals surface area contributed by atoms with Gasteiger partial charge in [0.2, 0.25) is 0 Å². The molecule has 1 unspecified atom stereocenters. The van der Waals surface area contributed by atoms with Crippen LogP contribution < -0.4 is 10.5 Å². The van der Waals surface area contributed by atoms with Crippen LogP contribution in [0.1, 0.15) is 22.7 Å². The third-order valence-corrected chi connectivity index (χ3v) is 3.28. The lowest BCUT2D eigenvalue weighted by Gasteiger charge is -2.17. The summed E-state index contributed by atoms with van der Waals surface area (Å²) in [6.07, 6.45) is 0. The molecular formula is C15H16N2O3. The highest BCUT2D eigenvalue weighted by Crippen LogP contribution is 2.32. The topological polar surface area (TPSA) is 78.4 Å². The molecule has 0 aliphatic rings. The van der Waals surface area contributed by atoms with E-state index in [1.54, 1.807) is 6.07 Å². The van der Waals surface area contributed by atoms with Crippen molar-refractivity contribution in [1.82, 2.24) is 0 Å². The summed E-state index contributed by atoms with van der Waals surface area (Å²) in [6.45, 7) is 1.96. The maximum absolute atomic E-state index is 10.9. The third kappa shape index (κ3) is 2.62. The minimum Gasteiger partial charge on any atom is -0.496 e. The van der Waals surface area contributed by atoms with Crippen LogP contribution in [0.25, 0.3) is 0 Å². The van der Waals surface area contributed by atoms with Crippen molar-refractivity contribution < 1.29 is 9.66 Å². The van der Waals surface area contributed by atoms with Gasteiger partial charge in [-0.05, 0) is 24.1 Å². The molecule has 0 saturated carbocycles. The predicted octanol–water partition coefficient (Wildman–Crippen LogP) is 2.96. The van der Waals surface area contributed by atoms with Gasteiger partial charge in [-0.25, -0.2) is 0 Å². The van der Waals surface area contributed by atoms with E-state index in [1.165, 1.54) is 19.2 Å². The van der Waals surface area contributed by atoms with Crippen molar-refractivity contribution in [1.29, 1.82) is 0 Å². The largest absolute Gasteiger partial charge is 0.496 e. The number of methoxy groups -OCH3 is 1. The van der Waals surface area contributed by atoms with Gasteiger partial charge >= 0.3 is 0 Å². The van der Waals surface area contributed by atoms with Gasteiger partial charge in [-0.2, -0.15) is 0 Å². The summed E-state index contributed by atoms with van der Waals surface area (Å²) < 4.78 is 5.26. The first-order valence-corrected chi connectivity index (χ1v) is 6.18. The summed E-state index contributed by atoms with van der Waals surface area (Å²) in [7, 11) is 1.52. The van der Waals surface area contributed by atoms with Gasteiger partial charge in [-0.15, -0.1) is 0 Å². The second-order valence-corrected chi connectivity index (χ2v) is 4.52. The van der Waals surface area contributed by atoms with Crippen molar-refractivity contribution in [3.63, 3.8) is 0 Å². The lowest BCUT2D eigenvalue weighted by atomic mass is 9.95. The second kappa shape index (κ2) is 5.71. The molecule has 0 bridgehead atoms. The molecule has 1 atom stereocenters. The van der Waals surface area contributed by atoms with Gasteiger partial charge in [0.25, 0.3) is 5.69 Å². The zero-order chi connectivity index (χ0) is 14.7. The molecule has 2 N–H and O–H groups in total. The Morgan fingerprint density at radius 3 is 2.50 bits per heavy atom. The molecule has 0 fully saturated rings. The van der Waals surface area contributed by atoms with Crippen molar-refractivity contribution >= 4 is 5.69 Å². The van der Waals surface area contributed by atoms with Gasteiger partial charge in [-0.3, -0.25) is 10.1 Å². The van der Waals surface area contributed by atoms with Crippen LogP contribution in [0.4, 0.5) is 5.69 Å². The van der Waals surface area contributed by atoms with E-state index in [4.69, 9.17) is 10.5 Å². The summed E-state index contributed by atoms with van der Waals surface area (Å²) in [5, 5.41) is 10.9. The maximum Gasteiger partial charge on any atom is 0.270 e. The Balaban J connectivity index is 2.52. The number of nitrogens with two attached hydrogens (primary N) is 1. The molecule has 104 valence electrons. The van der Waals surface area contributed by atoms with Crippen LogP contribution in [0.2, 0.25) is 0 Å². The molecule has 2 aromatic carbocycles. The van der Waals surface area contributed by atoms with E-state index < -0.39 is 11.0 Å². The number of rotatable bonds is 4. The third-order valence-electron chi connectivity index (χ3n) is 3.28. The van der Waals surface area contributed by atoms with Crippen molar-refractivity contribution in [3.8, 4) is 5.75 Å². The fraction of sp³-hybridized carbons (Fsp3) is 0.200. The number of nitro groups is 1. The molecule has 0 radical (unpaired) electrons. The average molecular weight is 272 g/mol. The van der Waals surface area contributed by atoms with E-state index >= 15 is 0 Å². The molecule has 0 aliphatic carbocycles. The molecule has 0 heterocycles. The Kier molecular flexibility index (Phi) is 4.00. The summed E-state index contributed by atoms with van der Waals surface area (Å²) >= 11 is 0. The van der Waals surface area contributed by atoms with Crippen LogP contribution in [0.5, 0.6) is 5.75 Å². The number of nitrogens with zero attached hydrogens (tertiary/aromatic N) is 1. The Labute approximate surface area is 117 Å². The molecule has 0 saturated heterocycles. The first-order chi connectivity index (χ1) is 9.54. The summed E-state index contributed by atoms with van der Waals surface area (Å²) in [5.74, 6) is 0.548. The highest BCUT2D eigenvalue weighted by atomic mass is 16.6. The lowest BCUT2D eigenvalue weighted by Crippen LogP contribution is -2.14. The molecule has 0 amide bonds. The van der Waals surface area contributed by atoms with E-state index in [2.05, 4.69) is 0 Å². The molecule has 20 heavy (non-hydrogen) atoms. The maximum atomic E-state index is 10.9. The fourth-order valence-corrected chi connectivity index (χ4v) is 2.18. The quantitative estimate of drug-likeness (QED) is 0.685. The second-order valence-electron chi connectivity index (χ2n) is 4.52. The standard InChI is InChI=1S/C15H16N2O3/c1-10-5-3-4-6-12(10)15(16)13-9-11(17(18)19)7-8-14(13)20-2/h3-9,15H,16H2,1-2H3. The molecule has 5 heteroatoms. The van der Waals surface area contributed by atoms with Crippen molar-refractivity contribution in [2.75, 3.05) is 7.11 Å². The molecule has 0 aromatic heterocycles. The molecule has 0 spiro atoms. The number of non-ortho nitro benzene ring substituents is 1. The van der Waals surface area contributed by atoms with E-state index in [0.717, 1.165) is 11.1 Å². The van der Waals surface area contributed by atoms with Crippen LogP contribution in [-0.4, -0.2) is 12.0 Å². The number of aryl methyl sites for hydroxylation is 1. The van der Waals surface area contributed by atoms with Gasteiger partial charge in [-0.1, -0.05) is 24.3 Å². The van der Waals surface area contributed by atoms with Crippen LogP contribution in [0.3, 0.4) is 0 Å². The summed E-state index contributed by atoms with van der Waals surface area (Å²) in [6, 6.07) is 11.7. The lowest BCUT2D eigenvalue weighted by molar-refractivity contribution is -0.384. The van der Waals surface area contributed by atoms with E-state index in [9.17, 15) is 10.1 Å². The molecular weight excluding hydrogens is 256 g/mol. The number of hydrogen-bond donors (Lipinski definition) is 1. The average Bonchev–Trinajstić information content (AvgIpc) is 2.46. The van der Waals surface area contributed by atoms with Gasteiger partial charge in [0.15, 0.2) is 0 Å². The molecule has 2 aromatic rings. The normalized spacial score (nSPS) is 11.9. The fourth-order valence-electron chi connectivity index (χ4n) is 2.18. The van der Waals surface area contributed by atoms with Gasteiger partial charge in [0.05, 0.1) is 18.1 Å². The monoisotopic (exact) mass is 272 g/mol. The number of hydrogen-bond acceptors (Lipinski definition) is 4. The molecule has 5 nitrogen and oxygen atoms in total. The number of benzene rings is 2. The van der Waals surface area contributed by atoms with Gasteiger partial charge in [0.1, 0.15) is 5.75 Å². The smallest absolute Gasteiger partial charge is 0.270 e. The van der Waals surface area contributed by atoms with Crippen molar-refractivity contribution in [3.05, 3.63) is 69.3 Å². The SMILES string of the molecule is COc1ccc([N+](=O)[O-])cc1C(N)c1ccccc1C. The van der Waals surface area contributed by atoms with Gasteiger partial charge < -0.3 is 10.5 Å². The Bertz CT molecular complexity index is 641. The molecule has 2 rings (SSSR count). The summed E-state index contributed by atoms with van der Waals surface area (Å²) in [5.41, 5.74) is 8.83. The zero-order valence-corrected chi connectivity index (χ0v) is 11.4. The van der Waals surface area contributed by atoms with E-state index in [-0.39, 0.29) is 5.69 Å². The minimum absolute atomic E-state index is 0.00448. The van der Waals surface area contributed by atoms with Gasteiger partial charge in [0, 0.05) is 17.7 Å². The Morgan fingerprint density at radius 2 is 1.90 bits per heavy atom. The van der Waals surface area contributed by atoms with Crippen molar-refractivity contribution in [2.24, 2.45) is 5.73 Å². The number of ether oxygens (including phenoxy) is 1. The predicted molar refractivity (Wildman–Crippen MR) is 76.9 cm³/mol. The van der Waals surface area contributed by atoms with Crippen LogP contribution in [0.15, 0.2) is 42.5 Å². The van der Waals surface area contributed by atoms with Crippen LogP contribution in [-0.2, 0) is 0 Å². The Hall–Kier alpha value is -2.40. The first-order valence-electron chi connectivity index (χ1n) is 6.18. The zero-order valence-electron chi connectivity index (χ0n) is 11.4. The highest BCUT2D eigenvalue weighted by molar-refractivity contribution is 5.49. The van der Waals surface area contributed by atoms with Crippen molar-refractivity contribution in [2.45, 2.75) is 13.0 Å². The van der Waals surface area contributed by atoms with Crippen LogP contribution >= 0.6 is 0 Å².